The number of carboxylic acids is 1. The van der Waals surface area contributed by atoms with Crippen molar-refractivity contribution in [2.45, 2.75) is 25.0 Å². The number of nitrogens with zero attached hydrogens (tertiary/aromatic N) is 1. The van der Waals surface area contributed by atoms with Gasteiger partial charge in [-0.05, 0) is 31.0 Å². The second-order valence-electron chi connectivity index (χ2n) is 5.40. The zero-order valence-electron chi connectivity index (χ0n) is 11.3. The lowest BCUT2D eigenvalue weighted by molar-refractivity contribution is -0.0409. The van der Waals surface area contributed by atoms with Crippen LogP contribution < -0.4 is 4.74 Å². The third-order valence-corrected chi connectivity index (χ3v) is 3.88. The van der Waals surface area contributed by atoms with Crippen LogP contribution in [0.2, 0.25) is 0 Å². The van der Waals surface area contributed by atoms with Crippen LogP contribution in [0.15, 0.2) is 24.3 Å². The van der Waals surface area contributed by atoms with E-state index in [-0.39, 0.29) is 5.56 Å². The summed E-state index contributed by atoms with van der Waals surface area (Å²) in [4.78, 5) is 13.2. The normalized spacial score (nSPS) is 25.6. The Labute approximate surface area is 118 Å². The van der Waals surface area contributed by atoms with Gasteiger partial charge in [-0.3, -0.25) is 4.90 Å². The van der Waals surface area contributed by atoms with E-state index in [0.29, 0.717) is 24.6 Å². The molecule has 20 heavy (non-hydrogen) atoms. The molecule has 0 aromatic heterocycles. The highest BCUT2D eigenvalue weighted by molar-refractivity contribution is 5.87. The minimum Gasteiger partial charge on any atom is -0.492 e. The molecule has 1 aromatic rings. The minimum atomic E-state index is -0.930. The summed E-state index contributed by atoms with van der Waals surface area (Å²) in [5, 5.41) is 8.93. The van der Waals surface area contributed by atoms with E-state index in [0.717, 1.165) is 19.6 Å². The number of fused-ring (bicyclic) bond motifs is 2. The summed E-state index contributed by atoms with van der Waals surface area (Å²) in [6.07, 6.45) is 3.12. The van der Waals surface area contributed by atoms with E-state index < -0.39 is 5.97 Å². The van der Waals surface area contributed by atoms with Crippen molar-refractivity contribution in [2.24, 2.45) is 0 Å². The van der Waals surface area contributed by atoms with Gasteiger partial charge in [0, 0.05) is 19.6 Å². The SMILES string of the molecule is O=C(O)c1cccc(OCCN2CC3CCC(C2)O3)c1. The Balaban J connectivity index is 1.48. The lowest BCUT2D eigenvalue weighted by Crippen LogP contribution is -2.44. The Hall–Kier alpha value is -1.59. The van der Waals surface area contributed by atoms with Crippen molar-refractivity contribution in [1.29, 1.82) is 0 Å². The molecule has 5 heteroatoms. The highest BCUT2D eigenvalue weighted by atomic mass is 16.5. The van der Waals surface area contributed by atoms with Gasteiger partial charge in [0.25, 0.3) is 0 Å². The molecule has 2 bridgehead atoms. The first-order chi connectivity index (χ1) is 9.70. The van der Waals surface area contributed by atoms with Crippen molar-refractivity contribution in [1.82, 2.24) is 4.90 Å². The smallest absolute Gasteiger partial charge is 0.335 e. The zero-order valence-corrected chi connectivity index (χ0v) is 11.3. The number of hydrogen-bond donors (Lipinski definition) is 1. The summed E-state index contributed by atoms with van der Waals surface area (Å²) < 4.78 is 11.4. The molecular formula is C15H19NO4. The predicted molar refractivity (Wildman–Crippen MR) is 73.2 cm³/mol. The summed E-state index contributed by atoms with van der Waals surface area (Å²) in [6.45, 7) is 3.39. The molecule has 2 saturated heterocycles. The van der Waals surface area contributed by atoms with Gasteiger partial charge in [0.05, 0.1) is 17.8 Å². The van der Waals surface area contributed by atoms with Crippen LogP contribution in [-0.4, -0.2) is 54.4 Å². The molecular weight excluding hydrogens is 258 g/mol. The van der Waals surface area contributed by atoms with Crippen molar-refractivity contribution in [2.75, 3.05) is 26.2 Å². The maximum Gasteiger partial charge on any atom is 0.335 e. The van der Waals surface area contributed by atoms with Crippen LogP contribution in [0, 0.1) is 0 Å². The molecule has 2 atom stereocenters. The molecule has 3 rings (SSSR count). The molecule has 2 fully saturated rings. The highest BCUT2D eigenvalue weighted by Crippen LogP contribution is 2.25. The Morgan fingerprint density at radius 1 is 1.35 bits per heavy atom. The van der Waals surface area contributed by atoms with Gasteiger partial charge in [-0.25, -0.2) is 4.79 Å². The Morgan fingerprint density at radius 3 is 2.80 bits per heavy atom. The van der Waals surface area contributed by atoms with Crippen LogP contribution in [0.5, 0.6) is 5.75 Å². The van der Waals surface area contributed by atoms with E-state index >= 15 is 0 Å². The molecule has 0 saturated carbocycles. The summed E-state index contributed by atoms with van der Waals surface area (Å²) in [5.74, 6) is -0.318. The van der Waals surface area contributed by atoms with Crippen LogP contribution in [-0.2, 0) is 4.74 Å². The molecule has 2 unspecified atom stereocenters. The first-order valence-electron chi connectivity index (χ1n) is 7.04. The fraction of sp³-hybridized carbons (Fsp3) is 0.533. The molecule has 0 amide bonds. The van der Waals surface area contributed by atoms with E-state index in [1.165, 1.54) is 12.8 Å². The van der Waals surface area contributed by atoms with Gasteiger partial charge in [0.15, 0.2) is 0 Å². The monoisotopic (exact) mass is 277 g/mol. The molecule has 108 valence electrons. The lowest BCUT2D eigenvalue weighted by atomic mass is 10.2. The second kappa shape index (κ2) is 5.81. The summed E-state index contributed by atoms with van der Waals surface area (Å²) >= 11 is 0. The largest absolute Gasteiger partial charge is 0.492 e. The van der Waals surface area contributed by atoms with Crippen LogP contribution in [0.1, 0.15) is 23.2 Å². The molecule has 1 aromatic carbocycles. The average molecular weight is 277 g/mol. The van der Waals surface area contributed by atoms with Gasteiger partial charge < -0.3 is 14.6 Å². The fourth-order valence-electron chi connectivity index (χ4n) is 2.89. The summed E-state index contributed by atoms with van der Waals surface area (Å²) in [5.41, 5.74) is 0.256. The molecule has 5 nitrogen and oxygen atoms in total. The first-order valence-corrected chi connectivity index (χ1v) is 7.04. The zero-order chi connectivity index (χ0) is 13.9. The number of ether oxygens (including phenoxy) is 2. The van der Waals surface area contributed by atoms with Crippen molar-refractivity contribution in [3.05, 3.63) is 29.8 Å². The molecule has 2 heterocycles. The number of carboxylic acid groups (broad SMARTS) is 1. The second-order valence-corrected chi connectivity index (χ2v) is 5.40. The number of aromatic carboxylic acids is 1. The van der Waals surface area contributed by atoms with Crippen molar-refractivity contribution >= 4 is 5.97 Å². The van der Waals surface area contributed by atoms with Gasteiger partial charge in [-0.2, -0.15) is 0 Å². The van der Waals surface area contributed by atoms with E-state index in [1.807, 2.05) is 0 Å². The summed E-state index contributed by atoms with van der Waals surface area (Å²) in [7, 11) is 0. The molecule has 0 spiro atoms. The maximum absolute atomic E-state index is 10.9. The van der Waals surface area contributed by atoms with E-state index in [2.05, 4.69) is 4.90 Å². The lowest BCUT2D eigenvalue weighted by Gasteiger charge is -2.31. The molecule has 0 radical (unpaired) electrons. The van der Waals surface area contributed by atoms with Gasteiger partial charge in [0.1, 0.15) is 12.4 Å². The molecule has 0 aliphatic carbocycles. The topological polar surface area (TPSA) is 59.0 Å². The van der Waals surface area contributed by atoms with E-state index in [4.69, 9.17) is 14.6 Å². The third kappa shape index (κ3) is 3.11. The summed E-state index contributed by atoms with van der Waals surface area (Å²) in [6, 6.07) is 6.61. The number of rotatable bonds is 5. The van der Waals surface area contributed by atoms with E-state index in [9.17, 15) is 4.79 Å². The van der Waals surface area contributed by atoms with Gasteiger partial charge in [0.2, 0.25) is 0 Å². The van der Waals surface area contributed by atoms with Crippen LogP contribution in [0.3, 0.4) is 0 Å². The maximum atomic E-state index is 10.9. The van der Waals surface area contributed by atoms with Crippen molar-refractivity contribution in [3.8, 4) is 5.75 Å². The Morgan fingerprint density at radius 2 is 2.10 bits per heavy atom. The standard InChI is InChI=1S/C15H19NO4/c17-15(18)11-2-1-3-12(8-11)19-7-6-16-9-13-4-5-14(10-16)20-13/h1-3,8,13-14H,4-7,9-10H2,(H,17,18). The molecule has 1 N–H and O–H groups in total. The molecule has 2 aliphatic heterocycles. The Bertz CT molecular complexity index is 479. The van der Waals surface area contributed by atoms with Crippen molar-refractivity contribution in [3.63, 3.8) is 0 Å². The van der Waals surface area contributed by atoms with E-state index in [1.54, 1.807) is 24.3 Å². The number of benzene rings is 1. The van der Waals surface area contributed by atoms with Gasteiger partial charge >= 0.3 is 5.97 Å². The Kier molecular flexibility index (Phi) is 3.89. The van der Waals surface area contributed by atoms with Crippen molar-refractivity contribution < 1.29 is 19.4 Å². The third-order valence-electron chi connectivity index (χ3n) is 3.88. The number of morpholine rings is 1. The van der Waals surface area contributed by atoms with Crippen LogP contribution >= 0.6 is 0 Å². The molecule has 2 aliphatic rings. The quantitative estimate of drug-likeness (QED) is 0.886. The highest BCUT2D eigenvalue weighted by Gasteiger charge is 2.33. The fourth-order valence-corrected chi connectivity index (χ4v) is 2.89. The van der Waals surface area contributed by atoms with Gasteiger partial charge in [-0.15, -0.1) is 0 Å². The van der Waals surface area contributed by atoms with Gasteiger partial charge in [-0.1, -0.05) is 6.07 Å². The van der Waals surface area contributed by atoms with Crippen LogP contribution in [0.25, 0.3) is 0 Å². The number of carbonyl (C=O) groups is 1. The minimum absolute atomic E-state index is 0.256. The average Bonchev–Trinajstić information content (AvgIpc) is 2.78. The number of likely N-dealkylation sites (tertiary alicyclic amines) is 1. The van der Waals surface area contributed by atoms with Crippen LogP contribution in [0.4, 0.5) is 0 Å². The first kappa shape index (κ1) is 13.4. The predicted octanol–water partition coefficient (Wildman–Crippen LogP) is 1.63. The number of hydrogen-bond acceptors (Lipinski definition) is 4.